The standard InChI is InChI=1S/C19H27N3O3/c1-25-13-17(23)22-11-9-16(10-12-22)20-18(14-5-3-2-4-6-14)19(24)21-15-7-8-15/h2-6,15-16,18,20H,7-13H2,1H3,(H,21,24)/t18-/m0/s1. The molecule has 3 rings (SSSR count). The van der Waals surface area contributed by atoms with Crippen LogP contribution in [0.5, 0.6) is 0 Å². The van der Waals surface area contributed by atoms with Crippen LogP contribution in [-0.4, -0.2) is 55.6 Å². The summed E-state index contributed by atoms with van der Waals surface area (Å²) in [5.41, 5.74) is 0.985. The van der Waals surface area contributed by atoms with Crippen molar-refractivity contribution in [3.63, 3.8) is 0 Å². The van der Waals surface area contributed by atoms with Gasteiger partial charge in [-0.1, -0.05) is 30.3 Å². The molecule has 0 aromatic heterocycles. The van der Waals surface area contributed by atoms with Crippen molar-refractivity contribution in [2.45, 2.75) is 43.8 Å². The predicted molar refractivity (Wildman–Crippen MR) is 95.0 cm³/mol. The lowest BCUT2D eigenvalue weighted by molar-refractivity contribution is -0.136. The normalized spacial score (nSPS) is 19.5. The number of benzene rings is 1. The Hall–Kier alpha value is -1.92. The molecular weight excluding hydrogens is 318 g/mol. The van der Waals surface area contributed by atoms with E-state index in [9.17, 15) is 9.59 Å². The maximum absolute atomic E-state index is 12.7. The number of hydrogen-bond acceptors (Lipinski definition) is 4. The summed E-state index contributed by atoms with van der Waals surface area (Å²) in [4.78, 5) is 26.4. The predicted octanol–water partition coefficient (Wildman–Crippen LogP) is 1.23. The third-order valence-electron chi connectivity index (χ3n) is 4.84. The first-order valence-corrected chi connectivity index (χ1v) is 9.05. The third-order valence-corrected chi connectivity index (χ3v) is 4.84. The Bertz CT molecular complexity index is 581. The molecule has 2 fully saturated rings. The van der Waals surface area contributed by atoms with Crippen molar-refractivity contribution in [3.8, 4) is 0 Å². The average molecular weight is 345 g/mol. The van der Waals surface area contributed by atoms with E-state index < -0.39 is 0 Å². The fourth-order valence-electron chi connectivity index (χ4n) is 3.23. The van der Waals surface area contributed by atoms with Crippen molar-refractivity contribution in [1.29, 1.82) is 0 Å². The lowest BCUT2D eigenvalue weighted by Gasteiger charge is -2.34. The van der Waals surface area contributed by atoms with Gasteiger partial charge in [0.2, 0.25) is 11.8 Å². The van der Waals surface area contributed by atoms with Crippen LogP contribution in [0.1, 0.15) is 37.3 Å². The molecule has 1 aromatic rings. The highest BCUT2D eigenvalue weighted by molar-refractivity contribution is 5.83. The largest absolute Gasteiger partial charge is 0.375 e. The molecule has 1 aromatic carbocycles. The Morgan fingerprint density at radius 1 is 1.12 bits per heavy atom. The fraction of sp³-hybridized carbons (Fsp3) is 0.579. The molecule has 1 saturated carbocycles. The molecule has 25 heavy (non-hydrogen) atoms. The van der Waals surface area contributed by atoms with E-state index in [1.54, 1.807) is 0 Å². The van der Waals surface area contributed by atoms with Crippen molar-refractivity contribution in [3.05, 3.63) is 35.9 Å². The van der Waals surface area contributed by atoms with Crippen molar-refractivity contribution >= 4 is 11.8 Å². The van der Waals surface area contributed by atoms with Gasteiger partial charge in [-0.25, -0.2) is 0 Å². The molecular formula is C19H27N3O3. The number of nitrogens with zero attached hydrogens (tertiary/aromatic N) is 1. The molecule has 6 heteroatoms. The van der Waals surface area contributed by atoms with E-state index in [-0.39, 0.29) is 30.5 Å². The Kier molecular flexibility index (Phi) is 6.04. The summed E-state index contributed by atoms with van der Waals surface area (Å²) in [5, 5.41) is 6.62. The molecule has 2 aliphatic rings. The lowest BCUT2D eigenvalue weighted by Crippen LogP contribution is -2.49. The number of nitrogens with one attached hydrogen (secondary N) is 2. The number of hydrogen-bond donors (Lipinski definition) is 2. The van der Waals surface area contributed by atoms with Crippen LogP contribution in [0.2, 0.25) is 0 Å². The number of carbonyl (C=O) groups excluding carboxylic acids is 2. The van der Waals surface area contributed by atoms with Crippen LogP contribution < -0.4 is 10.6 Å². The number of likely N-dealkylation sites (tertiary alicyclic amines) is 1. The van der Waals surface area contributed by atoms with Gasteiger partial charge >= 0.3 is 0 Å². The van der Waals surface area contributed by atoms with Gasteiger partial charge in [0.1, 0.15) is 12.6 Å². The minimum Gasteiger partial charge on any atom is -0.375 e. The van der Waals surface area contributed by atoms with E-state index in [1.807, 2.05) is 35.2 Å². The van der Waals surface area contributed by atoms with E-state index in [1.165, 1.54) is 7.11 Å². The Morgan fingerprint density at radius 3 is 2.40 bits per heavy atom. The van der Waals surface area contributed by atoms with Gasteiger partial charge in [-0.3, -0.25) is 14.9 Å². The first-order valence-electron chi connectivity index (χ1n) is 9.05. The number of amides is 2. The van der Waals surface area contributed by atoms with Gasteiger partial charge in [-0.2, -0.15) is 0 Å². The fourth-order valence-corrected chi connectivity index (χ4v) is 3.23. The van der Waals surface area contributed by atoms with E-state index in [0.717, 1.165) is 31.2 Å². The van der Waals surface area contributed by atoms with E-state index in [0.29, 0.717) is 19.1 Å². The Morgan fingerprint density at radius 2 is 1.80 bits per heavy atom. The molecule has 0 radical (unpaired) electrons. The average Bonchev–Trinajstić information content (AvgIpc) is 3.45. The highest BCUT2D eigenvalue weighted by atomic mass is 16.5. The van der Waals surface area contributed by atoms with Crippen molar-refractivity contribution in [2.24, 2.45) is 0 Å². The molecule has 1 heterocycles. The zero-order chi connectivity index (χ0) is 17.6. The maximum Gasteiger partial charge on any atom is 0.248 e. The van der Waals surface area contributed by atoms with Gasteiger partial charge in [0.25, 0.3) is 0 Å². The van der Waals surface area contributed by atoms with Crippen LogP contribution in [0.3, 0.4) is 0 Å². The molecule has 0 spiro atoms. The van der Waals surface area contributed by atoms with Crippen LogP contribution in [0.4, 0.5) is 0 Å². The number of piperidine rings is 1. The third kappa shape index (κ3) is 5.03. The maximum atomic E-state index is 12.7. The molecule has 2 amide bonds. The molecule has 2 N–H and O–H groups in total. The second kappa shape index (κ2) is 8.45. The highest BCUT2D eigenvalue weighted by Gasteiger charge is 2.31. The van der Waals surface area contributed by atoms with Gasteiger partial charge in [-0.15, -0.1) is 0 Å². The van der Waals surface area contributed by atoms with Crippen molar-refractivity contribution < 1.29 is 14.3 Å². The lowest BCUT2D eigenvalue weighted by atomic mass is 10.00. The van der Waals surface area contributed by atoms with Crippen LogP contribution >= 0.6 is 0 Å². The smallest absolute Gasteiger partial charge is 0.248 e. The monoisotopic (exact) mass is 345 g/mol. The van der Waals surface area contributed by atoms with Gasteiger partial charge in [0, 0.05) is 32.3 Å². The number of rotatable bonds is 7. The summed E-state index contributed by atoms with van der Waals surface area (Å²) in [7, 11) is 1.54. The van der Waals surface area contributed by atoms with Gasteiger partial charge in [0.15, 0.2) is 0 Å². The molecule has 6 nitrogen and oxygen atoms in total. The topological polar surface area (TPSA) is 70.7 Å². The van der Waals surface area contributed by atoms with E-state index in [4.69, 9.17) is 4.74 Å². The summed E-state index contributed by atoms with van der Waals surface area (Å²) in [6, 6.07) is 10.1. The van der Waals surface area contributed by atoms with Crippen LogP contribution in [0.15, 0.2) is 30.3 Å². The van der Waals surface area contributed by atoms with Crippen molar-refractivity contribution in [2.75, 3.05) is 26.8 Å². The quantitative estimate of drug-likeness (QED) is 0.780. The number of ether oxygens (including phenoxy) is 1. The molecule has 1 saturated heterocycles. The first kappa shape index (κ1) is 17.9. The van der Waals surface area contributed by atoms with E-state index in [2.05, 4.69) is 10.6 Å². The van der Waals surface area contributed by atoms with Crippen molar-refractivity contribution in [1.82, 2.24) is 15.5 Å². The summed E-state index contributed by atoms with van der Waals surface area (Å²) in [6.45, 7) is 1.53. The van der Waals surface area contributed by atoms with Gasteiger partial charge < -0.3 is 15.0 Å². The summed E-state index contributed by atoms with van der Waals surface area (Å²) < 4.78 is 4.92. The van der Waals surface area contributed by atoms with Crippen LogP contribution in [0, 0.1) is 0 Å². The summed E-state index contributed by atoms with van der Waals surface area (Å²) >= 11 is 0. The number of carbonyl (C=O) groups is 2. The van der Waals surface area contributed by atoms with E-state index >= 15 is 0 Å². The molecule has 1 aliphatic heterocycles. The van der Waals surface area contributed by atoms with Crippen LogP contribution in [0.25, 0.3) is 0 Å². The van der Waals surface area contributed by atoms with Gasteiger partial charge in [-0.05, 0) is 31.2 Å². The minimum atomic E-state index is -0.340. The molecule has 1 atom stereocenters. The summed E-state index contributed by atoms with van der Waals surface area (Å²) in [6.07, 6.45) is 3.84. The molecule has 136 valence electrons. The molecule has 0 bridgehead atoms. The van der Waals surface area contributed by atoms with Crippen LogP contribution in [-0.2, 0) is 14.3 Å². The zero-order valence-corrected chi connectivity index (χ0v) is 14.7. The molecule has 1 aliphatic carbocycles. The Labute approximate surface area is 148 Å². The Balaban J connectivity index is 1.59. The second-order valence-electron chi connectivity index (χ2n) is 6.88. The van der Waals surface area contributed by atoms with Gasteiger partial charge in [0.05, 0.1) is 0 Å². The minimum absolute atomic E-state index is 0.0343. The second-order valence-corrected chi connectivity index (χ2v) is 6.88. The molecule has 0 unspecified atom stereocenters. The SMILES string of the molecule is COCC(=O)N1CCC(N[C@H](C(=O)NC2CC2)c2ccccc2)CC1. The first-order chi connectivity index (χ1) is 12.2. The highest BCUT2D eigenvalue weighted by Crippen LogP contribution is 2.22. The number of methoxy groups -OCH3 is 1. The summed E-state index contributed by atoms with van der Waals surface area (Å²) in [5.74, 6) is 0.0821. The zero-order valence-electron chi connectivity index (χ0n) is 14.7.